The van der Waals surface area contributed by atoms with Crippen molar-refractivity contribution in [2.45, 2.75) is 105 Å². The van der Waals surface area contributed by atoms with Gasteiger partial charge in [0.05, 0.1) is 24.2 Å². The monoisotopic (exact) mass is 504 g/mol. The van der Waals surface area contributed by atoms with Crippen molar-refractivity contribution < 1.29 is 30.3 Å². The van der Waals surface area contributed by atoms with Crippen LogP contribution in [0.5, 0.6) is 0 Å². The lowest BCUT2D eigenvalue weighted by molar-refractivity contribution is -0.287. The molecule has 0 aromatic carbocycles. The highest BCUT2D eigenvalue weighted by Gasteiger charge is 2.72. The van der Waals surface area contributed by atoms with Crippen molar-refractivity contribution in [1.29, 1.82) is 0 Å². The van der Waals surface area contributed by atoms with Crippen LogP contribution in [-0.4, -0.2) is 56.4 Å². The summed E-state index contributed by atoms with van der Waals surface area (Å²) < 4.78 is 0. The van der Waals surface area contributed by atoms with E-state index >= 15 is 0 Å². The van der Waals surface area contributed by atoms with Gasteiger partial charge in [0.15, 0.2) is 0 Å². The summed E-state index contributed by atoms with van der Waals surface area (Å²) in [5.41, 5.74) is -1.32. The molecule has 0 bridgehead atoms. The van der Waals surface area contributed by atoms with Crippen molar-refractivity contribution in [1.82, 2.24) is 0 Å². The van der Waals surface area contributed by atoms with Gasteiger partial charge >= 0.3 is 5.97 Å². The lowest BCUT2D eigenvalue weighted by atomic mass is 9.32. The third-order valence-electron chi connectivity index (χ3n) is 13.7. The van der Waals surface area contributed by atoms with Gasteiger partial charge in [-0.2, -0.15) is 0 Å². The van der Waals surface area contributed by atoms with Gasteiger partial charge in [0.25, 0.3) is 0 Å². The Labute approximate surface area is 216 Å². The summed E-state index contributed by atoms with van der Waals surface area (Å²) in [4.78, 5) is 12.8. The SMILES string of the molecule is C[C@H]1[C@H](C)CC[C@]2(C(=O)O)CC[C@]3(C)C(=CC[C@@H]4[C@@]5(C)[C@H](O)[C@@H](O)[C@@H](O)[C@](C)(CO)[C@@H]5CC[C@]43C)[C@H]12. The summed E-state index contributed by atoms with van der Waals surface area (Å²) >= 11 is 0. The molecule has 36 heavy (non-hydrogen) atoms. The maximum Gasteiger partial charge on any atom is 0.310 e. The highest BCUT2D eigenvalue weighted by atomic mass is 16.4. The Balaban J connectivity index is 1.65. The van der Waals surface area contributed by atoms with Gasteiger partial charge in [0.1, 0.15) is 6.10 Å². The molecule has 0 radical (unpaired) electrons. The van der Waals surface area contributed by atoms with Gasteiger partial charge in [0.2, 0.25) is 0 Å². The number of aliphatic hydroxyl groups excluding tert-OH is 4. The van der Waals surface area contributed by atoms with E-state index in [0.717, 1.165) is 38.5 Å². The number of carbonyl (C=O) groups is 1. The van der Waals surface area contributed by atoms with Gasteiger partial charge in [-0.25, -0.2) is 0 Å². The van der Waals surface area contributed by atoms with Crippen LogP contribution in [0.3, 0.4) is 0 Å². The van der Waals surface area contributed by atoms with Crippen molar-refractivity contribution in [3.8, 4) is 0 Å². The average molecular weight is 505 g/mol. The Bertz CT molecular complexity index is 963. The standard InChI is InChI=1S/C30H48O6/c1-16-9-12-30(25(35)36)14-13-27(4)18(21(30)17(16)2)7-8-20-28(27,5)11-10-19-26(3,15-31)23(33)22(32)24(34)29(19,20)6/h7,16-17,19-24,31-34H,8-15H2,1-6H3,(H,35,36)/t16-,17+,19+,20+,21+,22+,23-,24-,26-,27-,28-,29+,30+/m1/s1. The van der Waals surface area contributed by atoms with E-state index in [2.05, 4.69) is 40.7 Å². The van der Waals surface area contributed by atoms with E-state index in [1.165, 1.54) is 5.57 Å². The maximum absolute atomic E-state index is 12.8. The minimum atomic E-state index is -1.31. The molecule has 0 amide bonds. The largest absolute Gasteiger partial charge is 0.481 e. The van der Waals surface area contributed by atoms with E-state index in [4.69, 9.17) is 0 Å². The number of fused-ring (bicyclic) bond motifs is 7. The zero-order valence-corrected chi connectivity index (χ0v) is 23.0. The fourth-order valence-corrected chi connectivity index (χ4v) is 10.9. The number of hydrogen-bond acceptors (Lipinski definition) is 5. The Kier molecular flexibility index (Phi) is 5.95. The smallest absolute Gasteiger partial charge is 0.310 e. The molecule has 5 rings (SSSR count). The molecule has 6 nitrogen and oxygen atoms in total. The van der Waals surface area contributed by atoms with Crippen LogP contribution in [0.4, 0.5) is 0 Å². The molecule has 204 valence electrons. The molecule has 0 saturated heterocycles. The van der Waals surface area contributed by atoms with Crippen LogP contribution in [0.25, 0.3) is 0 Å². The van der Waals surface area contributed by atoms with Crippen molar-refractivity contribution >= 4 is 5.97 Å². The number of aliphatic carboxylic acids is 1. The van der Waals surface area contributed by atoms with E-state index in [1.54, 1.807) is 0 Å². The van der Waals surface area contributed by atoms with Gasteiger partial charge < -0.3 is 25.5 Å². The number of rotatable bonds is 2. The summed E-state index contributed by atoms with van der Waals surface area (Å²) in [5, 5.41) is 54.5. The Morgan fingerprint density at radius 1 is 0.944 bits per heavy atom. The van der Waals surface area contributed by atoms with E-state index in [1.807, 2.05) is 6.92 Å². The molecule has 5 N–H and O–H groups in total. The molecule has 5 aliphatic carbocycles. The molecule has 5 aliphatic rings. The zero-order valence-electron chi connectivity index (χ0n) is 23.0. The molecule has 13 atom stereocenters. The molecular weight excluding hydrogens is 456 g/mol. The van der Waals surface area contributed by atoms with Crippen molar-refractivity contribution in [3.05, 3.63) is 11.6 Å². The Hall–Kier alpha value is -0.950. The van der Waals surface area contributed by atoms with Gasteiger partial charge in [-0.3, -0.25) is 4.79 Å². The summed E-state index contributed by atoms with van der Waals surface area (Å²) in [7, 11) is 0. The topological polar surface area (TPSA) is 118 Å². The molecule has 0 aliphatic heterocycles. The number of allylic oxidation sites excluding steroid dienone is 2. The molecule has 0 aromatic heterocycles. The third-order valence-corrected chi connectivity index (χ3v) is 13.7. The molecule has 4 saturated carbocycles. The summed E-state index contributed by atoms with van der Waals surface area (Å²) in [6.45, 7) is 12.9. The summed E-state index contributed by atoms with van der Waals surface area (Å²) in [5.74, 6) is 0.0710. The summed E-state index contributed by atoms with van der Waals surface area (Å²) in [6.07, 6.45) is 4.32. The van der Waals surface area contributed by atoms with Crippen LogP contribution in [0.1, 0.15) is 86.5 Å². The normalized spacial score (nSPS) is 58.6. The molecule has 0 spiro atoms. The van der Waals surface area contributed by atoms with E-state index < -0.39 is 40.5 Å². The van der Waals surface area contributed by atoms with Gasteiger partial charge in [-0.15, -0.1) is 0 Å². The lowest BCUT2D eigenvalue weighted by Gasteiger charge is -2.72. The maximum atomic E-state index is 12.8. The van der Waals surface area contributed by atoms with Crippen LogP contribution in [-0.2, 0) is 4.79 Å². The number of carboxylic acid groups (broad SMARTS) is 1. The van der Waals surface area contributed by atoms with Crippen molar-refractivity contribution in [3.63, 3.8) is 0 Å². The fraction of sp³-hybridized carbons (Fsp3) is 0.900. The van der Waals surface area contributed by atoms with E-state index in [-0.39, 0.29) is 35.2 Å². The second kappa shape index (κ2) is 8.03. The van der Waals surface area contributed by atoms with Crippen molar-refractivity contribution in [2.24, 2.45) is 56.7 Å². The van der Waals surface area contributed by atoms with Crippen LogP contribution in [0.15, 0.2) is 11.6 Å². The predicted molar refractivity (Wildman–Crippen MR) is 137 cm³/mol. The van der Waals surface area contributed by atoms with Gasteiger partial charge in [-0.05, 0) is 85.4 Å². The molecule has 0 aromatic rings. The van der Waals surface area contributed by atoms with Crippen LogP contribution in [0.2, 0.25) is 0 Å². The van der Waals surface area contributed by atoms with Crippen LogP contribution < -0.4 is 0 Å². The number of aliphatic hydroxyl groups is 4. The highest BCUT2D eigenvalue weighted by Crippen LogP contribution is 2.75. The Morgan fingerprint density at radius 2 is 1.61 bits per heavy atom. The molecule has 0 heterocycles. The molecular formula is C30H48O6. The Morgan fingerprint density at radius 3 is 2.22 bits per heavy atom. The minimum absolute atomic E-state index is 0.0206. The minimum Gasteiger partial charge on any atom is -0.481 e. The van der Waals surface area contributed by atoms with Gasteiger partial charge in [-0.1, -0.05) is 53.2 Å². The lowest BCUT2D eigenvalue weighted by Crippen LogP contribution is -2.73. The second-order valence-corrected chi connectivity index (χ2v) is 14.5. The fourth-order valence-electron chi connectivity index (χ4n) is 10.9. The first kappa shape index (κ1) is 26.6. The predicted octanol–water partition coefficient (Wildman–Crippen LogP) is 4.00. The highest BCUT2D eigenvalue weighted by molar-refractivity contribution is 5.76. The first-order chi connectivity index (χ1) is 16.7. The zero-order chi connectivity index (χ0) is 26.6. The quantitative estimate of drug-likeness (QED) is 0.363. The molecule has 4 fully saturated rings. The van der Waals surface area contributed by atoms with E-state index in [9.17, 15) is 30.3 Å². The van der Waals surface area contributed by atoms with Gasteiger partial charge in [0, 0.05) is 10.8 Å². The van der Waals surface area contributed by atoms with Crippen LogP contribution >= 0.6 is 0 Å². The van der Waals surface area contributed by atoms with E-state index in [0.29, 0.717) is 18.3 Å². The van der Waals surface area contributed by atoms with Crippen LogP contribution in [0, 0.1) is 56.7 Å². The number of carboxylic acids is 1. The summed E-state index contributed by atoms with van der Waals surface area (Å²) in [6, 6.07) is 0. The second-order valence-electron chi connectivity index (χ2n) is 14.5. The average Bonchev–Trinajstić information content (AvgIpc) is 2.84. The first-order valence-electron chi connectivity index (χ1n) is 14.3. The molecule has 6 heteroatoms. The van der Waals surface area contributed by atoms with Crippen molar-refractivity contribution in [2.75, 3.05) is 6.61 Å². The number of hydrogen-bond donors (Lipinski definition) is 5. The third kappa shape index (κ3) is 2.85. The first-order valence-corrected chi connectivity index (χ1v) is 14.3. The molecule has 0 unspecified atom stereocenters.